The van der Waals surface area contributed by atoms with Gasteiger partial charge in [-0.25, -0.2) is 4.98 Å². The van der Waals surface area contributed by atoms with Crippen LogP contribution in [0.15, 0.2) is 35.3 Å². The molecule has 0 saturated heterocycles. The maximum Gasteiger partial charge on any atom is 0.164 e. The standard InChI is InChI=1S/C10H5ClN2S/c11-10-8-4-2-1-3-7(8)5-9(13-10)12-6-14/h1-5H. The molecule has 14 heavy (non-hydrogen) atoms. The lowest BCUT2D eigenvalue weighted by molar-refractivity contribution is 1.31. The number of hydrogen-bond donors (Lipinski definition) is 0. The van der Waals surface area contributed by atoms with E-state index >= 15 is 0 Å². The number of benzene rings is 1. The number of isothiocyanates is 1. The van der Waals surface area contributed by atoms with E-state index in [1.807, 2.05) is 30.3 Å². The number of thiocarbonyl (C=S) groups is 1. The van der Waals surface area contributed by atoms with Crippen LogP contribution in [-0.2, 0) is 0 Å². The third-order valence-corrected chi connectivity index (χ3v) is 2.22. The highest BCUT2D eigenvalue weighted by Gasteiger charge is 2.01. The van der Waals surface area contributed by atoms with Gasteiger partial charge in [0.25, 0.3) is 0 Å². The highest BCUT2D eigenvalue weighted by molar-refractivity contribution is 7.78. The molecule has 2 nitrogen and oxygen atoms in total. The molecule has 1 heterocycles. The highest BCUT2D eigenvalue weighted by atomic mass is 35.5. The topological polar surface area (TPSA) is 25.2 Å². The van der Waals surface area contributed by atoms with E-state index in [4.69, 9.17) is 11.6 Å². The zero-order valence-electron chi connectivity index (χ0n) is 7.07. The molecular weight excluding hydrogens is 216 g/mol. The van der Waals surface area contributed by atoms with Crippen LogP contribution in [-0.4, -0.2) is 10.1 Å². The Bertz CT molecular complexity index is 533. The minimum atomic E-state index is 0.437. The second-order valence-electron chi connectivity index (χ2n) is 2.70. The number of nitrogens with zero attached hydrogens (tertiary/aromatic N) is 2. The number of fused-ring (bicyclic) bond motifs is 1. The van der Waals surface area contributed by atoms with Gasteiger partial charge in [-0.15, -0.1) is 0 Å². The van der Waals surface area contributed by atoms with Gasteiger partial charge in [0, 0.05) is 5.39 Å². The van der Waals surface area contributed by atoms with E-state index in [-0.39, 0.29) is 0 Å². The highest BCUT2D eigenvalue weighted by Crippen LogP contribution is 2.25. The Morgan fingerprint density at radius 2 is 2.14 bits per heavy atom. The Kier molecular flexibility index (Phi) is 2.55. The lowest BCUT2D eigenvalue weighted by Crippen LogP contribution is -1.79. The van der Waals surface area contributed by atoms with Crippen molar-refractivity contribution in [2.75, 3.05) is 0 Å². The molecule has 0 N–H and O–H groups in total. The molecule has 2 rings (SSSR count). The number of hydrogen-bond acceptors (Lipinski definition) is 3. The van der Waals surface area contributed by atoms with Crippen molar-refractivity contribution in [3.63, 3.8) is 0 Å². The summed E-state index contributed by atoms with van der Waals surface area (Å²) in [6.07, 6.45) is 0. The summed E-state index contributed by atoms with van der Waals surface area (Å²) >= 11 is 10.5. The number of pyridine rings is 1. The molecule has 0 aliphatic carbocycles. The number of rotatable bonds is 1. The van der Waals surface area contributed by atoms with Crippen LogP contribution in [0.25, 0.3) is 10.8 Å². The fourth-order valence-electron chi connectivity index (χ4n) is 1.25. The molecule has 0 saturated carbocycles. The van der Waals surface area contributed by atoms with Crippen molar-refractivity contribution in [1.29, 1.82) is 0 Å². The van der Waals surface area contributed by atoms with Gasteiger partial charge in [-0.2, -0.15) is 4.99 Å². The van der Waals surface area contributed by atoms with Crippen molar-refractivity contribution in [1.82, 2.24) is 4.98 Å². The predicted molar refractivity (Wildman–Crippen MR) is 61.4 cm³/mol. The van der Waals surface area contributed by atoms with E-state index < -0.39 is 0 Å². The molecule has 0 amide bonds. The molecule has 2 aromatic rings. The lowest BCUT2D eigenvalue weighted by Gasteiger charge is -1.99. The Balaban J connectivity index is 2.78. The first-order chi connectivity index (χ1) is 6.81. The summed E-state index contributed by atoms with van der Waals surface area (Å²) in [5.74, 6) is 0.490. The van der Waals surface area contributed by atoms with Gasteiger partial charge in [0.15, 0.2) is 5.82 Å². The Morgan fingerprint density at radius 3 is 2.93 bits per heavy atom. The van der Waals surface area contributed by atoms with Crippen molar-refractivity contribution in [3.05, 3.63) is 35.5 Å². The minimum Gasteiger partial charge on any atom is -0.216 e. The van der Waals surface area contributed by atoms with Crippen LogP contribution >= 0.6 is 23.8 Å². The van der Waals surface area contributed by atoms with E-state index in [0.717, 1.165) is 10.8 Å². The first kappa shape index (κ1) is 9.28. The summed E-state index contributed by atoms with van der Waals surface area (Å²) in [4.78, 5) is 7.85. The number of halogens is 1. The van der Waals surface area contributed by atoms with Gasteiger partial charge >= 0.3 is 0 Å². The molecule has 0 bridgehead atoms. The number of aromatic nitrogens is 1. The van der Waals surface area contributed by atoms with E-state index in [1.54, 1.807) is 0 Å². The van der Waals surface area contributed by atoms with Gasteiger partial charge in [0.2, 0.25) is 0 Å². The van der Waals surface area contributed by atoms with Gasteiger partial charge in [0.1, 0.15) is 5.15 Å². The molecule has 0 spiro atoms. The van der Waals surface area contributed by atoms with Gasteiger partial charge in [0.05, 0.1) is 5.16 Å². The Hall–Kier alpha value is -1.28. The molecule has 1 aromatic heterocycles. The normalized spacial score (nSPS) is 9.79. The van der Waals surface area contributed by atoms with Crippen LogP contribution in [0, 0.1) is 0 Å². The number of aliphatic imine (C=N–C) groups is 1. The minimum absolute atomic E-state index is 0.437. The zero-order chi connectivity index (χ0) is 9.97. The third kappa shape index (κ3) is 1.66. The zero-order valence-corrected chi connectivity index (χ0v) is 8.64. The SMILES string of the molecule is S=C=Nc1cc2ccccc2c(Cl)n1. The fourth-order valence-corrected chi connectivity index (χ4v) is 1.60. The molecule has 1 aromatic carbocycles. The van der Waals surface area contributed by atoms with Crippen LogP contribution in [0.5, 0.6) is 0 Å². The monoisotopic (exact) mass is 220 g/mol. The maximum absolute atomic E-state index is 5.97. The van der Waals surface area contributed by atoms with Gasteiger partial charge < -0.3 is 0 Å². The van der Waals surface area contributed by atoms with E-state index in [2.05, 4.69) is 27.4 Å². The third-order valence-electron chi connectivity index (χ3n) is 1.84. The van der Waals surface area contributed by atoms with Crippen molar-refractivity contribution < 1.29 is 0 Å². The largest absolute Gasteiger partial charge is 0.216 e. The molecular formula is C10H5ClN2S. The summed E-state index contributed by atoms with van der Waals surface area (Å²) in [6.45, 7) is 0. The first-order valence-corrected chi connectivity index (χ1v) is 4.73. The van der Waals surface area contributed by atoms with Crippen LogP contribution in [0.4, 0.5) is 5.82 Å². The molecule has 0 aliphatic rings. The molecule has 4 heteroatoms. The fraction of sp³-hybridized carbons (Fsp3) is 0. The van der Waals surface area contributed by atoms with Gasteiger partial charge in [-0.05, 0) is 23.7 Å². The average molecular weight is 221 g/mol. The second-order valence-corrected chi connectivity index (χ2v) is 3.24. The molecule has 0 atom stereocenters. The van der Waals surface area contributed by atoms with Crippen molar-refractivity contribution in [3.8, 4) is 0 Å². The predicted octanol–water partition coefficient (Wildman–Crippen LogP) is 3.62. The Labute approximate surface area is 91.3 Å². The van der Waals surface area contributed by atoms with E-state index in [0.29, 0.717) is 11.0 Å². The van der Waals surface area contributed by atoms with Crippen LogP contribution < -0.4 is 0 Å². The average Bonchev–Trinajstić information content (AvgIpc) is 2.18. The molecule has 0 fully saturated rings. The second kappa shape index (κ2) is 3.84. The van der Waals surface area contributed by atoms with Gasteiger partial charge in [-0.1, -0.05) is 35.9 Å². The van der Waals surface area contributed by atoms with Crippen LogP contribution in [0.1, 0.15) is 0 Å². The molecule has 0 aliphatic heterocycles. The van der Waals surface area contributed by atoms with Gasteiger partial charge in [-0.3, -0.25) is 0 Å². The molecule has 0 radical (unpaired) electrons. The smallest absolute Gasteiger partial charge is 0.164 e. The summed E-state index contributed by atoms with van der Waals surface area (Å²) in [5.41, 5.74) is 0. The van der Waals surface area contributed by atoms with Crippen molar-refractivity contribution in [2.24, 2.45) is 4.99 Å². The molecule has 0 unspecified atom stereocenters. The van der Waals surface area contributed by atoms with E-state index in [9.17, 15) is 0 Å². The van der Waals surface area contributed by atoms with E-state index in [1.165, 1.54) is 0 Å². The quantitative estimate of drug-likeness (QED) is 0.417. The summed E-state index contributed by atoms with van der Waals surface area (Å²) in [5, 5.41) is 4.61. The molecule has 68 valence electrons. The van der Waals surface area contributed by atoms with Crippen LogP contribution in [0.3, 0.4) is 0 Å². The summed E-state index contributed by atoms with van der Waals surface area (Å²) in [7, 11) is 0. The van der Waals surface area contributed by atoms with Crippen molar-refractivity contribution >= 4 is 45.6 Å². The summed E-state index contributed by atoms with van der Waals surface area (Å²) < 4.78 is 0. The maximum atomic E-state index is 5.97. The summed E-state index contributed by atoms with van der Waals surface area (Å²) in [6, 6.07) is 9.53. The first-order valence-electron chi connectivity index (χ1n) is 3.94. The van der Waals surface area contributed by atoms with Crippen molar-refractivity contribution in [2.45, 2.75) is 0 Å². The Morgan fingerprint density at radius 1 is 1.36 bits per heavy atom. The van der Waals surface area contributed by atoms with Crippen LogP contribution in [0.2, 0.25) is 5.15 Å². The lowest BCUT2D eigenvalue weighted by atomic mass is 10.2.